The Balaban J connectivity index is 1.92. The van der Waals surface area contributed by atoms with Gasteiger partial charge in [-0.05, 0) is 23.8 Å². The standard InChI is InChI=1S/C14H16N4/c15-12-8-10-9-18(11-4-2-1-3-5-11)7-6-13(10)17-14(12)16/h1-5,8H,6-7,9,15H2,(H2,16,17). The lowest BCUT2D eigenvalue weighted by molar-refractivity contribution is 0.714. The van der Waals surface area contributed by atoms with E-state index in [1.807, 2.05) is 12.1 Å². The van der Waals surface area contributed by atoms with Gasteiger partial charge in [-0.1, -0.05) is 18.2 Å². The molecule has 92 valence electrons. The van der Waals surface area contributed by atoms with E-state index in [9.17, 15) is 0 Å². The van der Waals surface area contributed by atoms with E-state index in [0.29, 0.717) is 11.5 Å². The minimum atomic E-state index is 0.446. The molecule has 1 aliphatic heterocycles. The molecule has 1 aliphatic rings. The average molecular weight is 240 g/mol. The lowest BCUT2D eigenvalue weighted by atomic mass is 10.0. The highest BCUT2D eigenvalue weighted by Crippen LogP contribution is 2.26. The van der Waals surface area contributed by atoms with Crippen molar-refractivity contribution in [3.63, 3.8) is 0 Å². The number of benzene rings is 1. The van der Waals surface area contributed by atoms with Crippen molar-refractivity contribution >= 4 is 17.2 Å². The number of aromatic nitrogens is 1. The van der Waals surface area contributed by atoms with Crippen molar-refractivity contribution < 1.29 is 0 Å². The van der Waals surface area contributed by atoms with Crippen LogP contribution in [0.25, 0.3) is 0 Å². The summed E-state index contributed by atoms with van der Waals surface area (Å²) in [4.78, 5) is 6.70. The van der Waals surface area contributed by atoms with Gasteiger partial charge in [0.05, 0.1) is 5.69 Å². The van der Waals surface area contributed by atoms with E-state index >= 15 is 0 Å². The molecule has 3 rings (SSSR count). The Morgan fingerprint density at radius 3 is 2.67 bits per heavy atom. The summed E-state index contributed by atoms with van der Waals surface area (Å²) in [5.41, 5.74) is 15.6. The Kier molecular flexibility index (Phi) is 2.55. The van der Waals surface area contributed by atoms with Crippen LogP contribution in [0, 0.1) is 0 Å². The molecule has 4 N–H and O–H groups in total. The number of nitrogens with two attached hydrogens (primary N) is 2. The van der Waals surface area contributed by atoms with E-state index in [4.69, 9.17) is 11.5 Å². The highest BCUT2D eigenvalue weighted by molar-refractivity contribution is 5.61. The fourth-order valence-corrected chi connectivity index (χ4v) is 2.36. The molecule has 1 aromatic heterocycles. The van der Waals surface area contributed by atoms with Crippen molar-refractivity contribution in [1.82, 2.24) is 4.98 Å². The smallest absolute Gasteiger partial charge is 0.146 e. The first kappa shape index (κ1) is 10.9. The fourth-order valence-electron chi connectivity index (χ4n) is 2.36. The van der Waals surface area contributed by atoms with Crippen molar-refractivity contribution in [3.05, 3.63) is 47.7 Å². The molecule has 0 saturated heterocycles. The Hall–Kier alpha value is -2.23. The Morgan fingerprint density at radius 1 is 1.11 bits per heavy atom. The van der Waals surface area contributed by atoms with Crippen LogP contribution >= 0.6 is 0 Å². The first-order chi connectivity index (χ1) is 8.74. The number of nitrogens with zero attached hydrogens (tertiary/aromatic N) is 2. The summed E-state index contributed by atoms with van der Waals surface area (Å²) < 4.78 is 0. The topological polar surface area (TPSA) is 68.2 Å². The van der Waals surface area contributed by atoms with E-state index in [0.717, 1.165) is 25.2 Å². The highest BCUT2D eigenvalue weighted by Gasteiger charge is 2.18. The van der Waals surface area contributed by atoms with Crippen molar-refractivity contribution in [1.29, 1.82) is 0 Å². The van der Waals surface area contributed by atoms with Gasteiger partial charge in [-0.3, -0.25) is 0 Å². The van der Waals surface area contributed by atoms with E-state index in [2.05, 4.69) is 34.1 Å². The lowest BCUT2D eigenvalue weighted by Crippen LogP contribution is -2.31. The summed E-state index contributed by atoms with van der Waals surface area (Å²) in [5.74, 6) is 0.446. The quantitative estimate of drug-likeness (QED) is 0.797. The van der Waals surface area contributed by atoms with Crippen molar-refractivity contribution in [2.75, 3.05) is 22.9 Å². The highest BCUT2D eigenvalue weighted by atomic mass is 15.1. The molecule has 4 nitrogen and oxygen atoms in total. The van der Waals surface area contributed by atoms with Gasteiger partial charge in [0.15, 0.2) is 0 Å². The zero-order chi connectivity index (χ0) is 12.5. The van der Waals surface area contributed by atoms with Gasteiger partial charge in [-0.15, -0.1) is 0 Å². The van der Waals surface area contributed by atoms with Gasteiger partial charge in [-0.2, -0.15) is 0 Å². The number of rotatable bonds is 1. The molecule has 4 heteroatoms. The summed E-state index contributed by atoms with van der Waals surface area (Å²) in [6.07, 6.45) is 0.911. The number of hydrogen-bond acceptors (Lipinski definition) is 4. The predicted molar refractivity (Wildman–Crippen MR) is 74.3 cm³/mol. The summed E-state index contributed by atoms with van der Waals surface area (Å²) in [5, 5.41) is 0. The summed E-state index contributed by atoms with van der Waals surface area (Å²) in [7, 11) is 0. The SMILES string of the molecule is Nc1cc2c(nc1N)CCN(c1ccccc1)C2. The maximum absolute atomic E-state index is 5.82. The monoisotopic (exact) mass is 240 g/mol. The Labute approximate surface area is 106 Å². The second-order valence-electron chi connectivity index (χ2n) is 4.58. The largest absolute Gasteiger partial charge is 0.396 e. The third kappa shape index (κ3) is 1.86. The molecule has 0 saturated carbocycles. The van der Waals surface area contributed by atoms with Crippen LogP contribution in [-0.2, 0) is 13.0 Å². The molecule has 0 atom stereocenters. The van der Waals surface area contributed by atoms with Gasteiger partial charge in [0.1, 0.15) is 5.82 Å². The maximum Gasteiger partial charge on any atom is 0.146 e. The molecule has 0 radical (unpaired) electrons. The molecule has 18 heavy (non-hydrogen) atoms. The normalized spacial score (nSPS) is 14.3. The van der Waals surface area contributed by atoms with E-state index in [1.165, 1.54) is 11.3 Å². The van der Waals surface area contributed by atoms with Gasteiger partial charge in [0, 0.05) is 30.9 Å². The zero-order valence-electron chi connectivity index (χ0n) is 10.1. The first-order valence-electron chi connectivity index (χ1n) is 6.08. The number of nitrogen functional groups attached to an aromatic ring is 2. The van der Waals surface area contributed by atoms with Gasteiger partial charge in [-0.25, -0.2) is 4.98 Å². The molecule has 1 aromatic carbocycles. The Bertz CT molecular complexity index is 566. The number of hydrogen-bond donors (Lipinski definition) is 2. The minimum Gasteiger partial charge on any atom is -0.396 e. The van der Waals surface area contributed by atoms with E-state index < -0.39 is 0 Å². The molecular weight excluding hydrogens is 224 g/mol. The van der Waals surface area contributed by atoms with Crippen LogP contribution < -0.4 is 16.4 Å². The van der Waals surface area contributed by atoms with Crippen LogP contribution in [0.5, 0.6) is 0 Å². The van der Waals surface area contributed by atoms with Crippen LogP contribution in [0.2, 0.25) is 0 Å². The lowest BCUT2D eigenvalue weighted by Gasteiger charge is -2.30. The van der Waals surface area contributed by atoms with E-state index in [1.54, 1.807) is 0 Å². The molecule has 0 bridgehead atoms. The first-order valence-corrected chi connectivity index (χ1v) is 6.08. The molecule has 0 fully saturated rings. The summed E-state index contributed by atoms with van der Waals surface area (Å²) >= 11 is 0. The van der Waals surface area contributed by atoms with Crippen molar-refractivity contribution in [3.8, 4) is 0 Å². The van der Waals surface area contributed by atoms with Crippen LogP contribution in [0.3, 0.4) is 0 Å². The van der Waals surface area contributed by atoms with Gasteiger partial charge >= 0.3 is 0 Å². The van der Waals surface area contributed by atoms with Gasteiger partial charge in [0.25, 0.3) is 0 Å². The van der Waals surface area contributed by atoms with Crippen LogP contribution in [0.1, 0.15) is 11.3 Å². The second kappa shape index (κ2) is 4.22. The number of anilines is 3. The fraction of sp³-hybridized carbons (Fsp3) is 0.214. The minimum absolute atomic E-state index is 0.446. The zero-order valence-corrected chi connectivity index (χ0v) is 10.1. The van der Waals surface area contributed by atoms with Crippen LogP contribution in [0.15, 0.2) is 36.4 Å². The molecule has 0 aliphatic carbocycles. The van der Waals surface area contributed by atoms with Crippen LogP contribution in [-0.4, -0.2) is 11.5 Å². The summed E-state index contributed by atoms with van der Waals surface area (Å²) in [6, 6.07) is 12.3. The molecule has 0 spiro atoms. The van der Waals surface area contributed by atoms with Crippen LogP contribution in [0.4, 0.5) is 17.2 Å². The number of pyridine rings is 1. The van der Waals surface area contributed by atoms with Gasteiger partial charge < -0.3 is 16.4 Å². The number of para-hydroxylation sites is 1. The molecule has 0 amide bonds. The number of fused-ring (bicyclic) bond motifs is 1. The maximum atomic E-state index is 5.82. The van der Waals surface area contributed by atoms with Crippen molar-refractivity contribution in [2.45, 2.75) is 13.0 Å². The van der Waals surface area contributed by atoms with Crippen molar-refractivity contribution in [2.24, 2.45) is 0 Å². The molecule has 0 unspecified atom stereocenters. The molecule has 2 aromatic rings. The third-order valence-corrected chi connectivity index (χ3v) is 3.35. The van der Waals surface area contributed by atoms with Gasteiger partial charge in [0.2, 0.25) is 0 Å². The second-order valence-corrected chi connectivity index (χ2v) is 4.58. The molecule has 2 heterocycles. The molecular formula is C14H16N4. The summed E-state index contributed by atoms with van der Waals surface area (Å²) in [6.45, 7) is 1.81. The average Bonchev–Trinajstić information content (AvgIpc) is 2.41. The Morgan fingerprint density at radius 2 is 1.89 bits per heavy atom. The predicted octanol–water partition coefficient (Wildman–Crippen LogP) is 1.81. The third-order valence-electron chi connectivity index (χ3n) is 3.35. The van der Waals surface area contributed by atoms with E-state index in [-0.39, 0.29) is 0 Å².